The number of carbonyl (C=O) groups excluding carboxylic acids is 1. The molecule has 0 heterocycles. The quantitative estimate of drug-likeness (QED) is 0.560. The first kappa shape index (κ1) is 15.3. The molecule has 3 heteroatoms. The van der Waals surface area contributed by atoms with Gasteiger partial charge in [0.1, 0.15) is 0 Å². The summed E-state index contributed by atoms with van der Waals surface area (Å²) in [5.41, 5.74) is -0.413. The van der Waals surface area contributed by atoms with E-state index in [-0.39, 0.29) is 11.6 Å². The second-order valence-electron chi connectivity index (χ2n) is 8.43. The van der Waals surface area contributed by atoms with Gasteiger partial charge < -0.3 is 9.47 Å². The third kappa shape index (κ3) is 2.99. The molecule has 0 aromatic heterocycles. The lowest BCUT2D eigenvalue weighted by atomic mass is 9.54. The van der Waals surface area contributed by atoms with Gasteiger partial charge in [0.25, 0.3) is 0 Å². The summed E-state index contributed by atoms with van der Waals surface area (Å²) >= 11 is 0. The van der Waals surface area contributed by atoms with E-state index in [0.717, 1.165) is 24.2 Å². The van der Waals surface area contributed by atoms with Crippen LogP contribution in [0.25, 0.3) is 0 Å². The molecule has 0 amide bonds. The van der Waals surface area contributed by atoms with E-state index in [4.69, 9.17) is 9.47 Å². The van der Waals surface area contributed by atoms with Crippen molar-refractivity contribution < 1.29 is 14.3 Å². The van der Waals surface area contributed by atoms with Crippen molar-refractivity contribution in [1.82, 2.24) is 0 Å². The molecule has 120 valence electrons. The van der Waals surface area contributed by atoms with Crippen molar-refractivity contribution >= 4 is 5.97 Å². The number of ether oxygens (including phenoxy) is 2. The van der Waals surface area contributed by atoms with Crippen molar-refractivity contribution in [2.24, 2.45) is 23.2 Å². The van der Waals surface area contributed by atoms with E-state index >= 15 is 0 Å². The normalized spacial score (nSPS) is 39.3. The smallest absolute Gasteiger partial charge is 0.313 e. The molecular weight excluding hydrogens is 264 g/mol. The number of carbonyl (C=O) groups is 1. The van der Waals surface area contributed by atoms with E-state index in [2.05, 4.69) is 0 Å². The topological polar surface area (TPSA) is 35.5 Å². The first-order valence-electron chi connectivity index (χ1n) is 8.71. The van der Waals surface area contributed by atoms with E-state index in [1.807, 2.05) is 27.7 Å². The van der Waals surface area contributed by atoms with Crippen molar-refractivity contribution in [1.29, 1.82) is 0 Å². The summed E-state index contributed by atoms with van der Waals surface area (Å²) in [6.07, 6.45) is 8.11. The molecule has 4 aliphatic carbocycles. The fraction of sp³-hybridized carbons (Fsp3) is 0.944. The van der Waals surface area contributed by atoms with Crippen molar-refractivity contribution in [3.05, 3.63) is 0 Å². The van der Waals surface area contributed by atoms with Crippen LogP contribution in [0.4, 0.5) is 0 Å². The predicted octanol–water partition coefficient (Wildman–Crippen LogP) is 4.30. The van der Waals surface area contributed by atoms with Gasteiger partial charge in [0.15, 0.2) is 0 Å². The van der Waals surface area contributed by atoms with Gasteiger partial charge in [0.2, 0.25) is 6.29 Å². The van der Waals surface area contributed by atoms with Crippen LogP contribution in [0.15, 0.2) is 0 Å². The molecule has 1 atom stereocenters. The molecule has 0 aromatic rings. The first-order valence-corrected chi connectivity index (χ1v) is 8.71. The first-order chi connectivity index (χ1) is 9.82. The van der Waals surface area contributed by atoms with Crippen LogP contribution >= 0.6 is 0 Å². The summed E-state index contributed by atoms with van der Waals surface area (Å²) in [5.74, 6) is 2.42. The van der Waals surface area contributed by atoms with Gasteiger partial charge in [-0.15, -0.1) is 0 Å². The zero-order valence-corrected chi connectivity index (χ0v) is 14.0. The highest BCUT2D eigenvalue weighted by molar-refractivity contribution is 5.75. The summed E-state index contributed by atoms with van der Waals surface area (Å²) in [6, 6.07) is 0. The van der Waals surface area contributed by atoms with E-state index in [1.54, 1.807) is 0 Å². The summed E-state index contributed by atoms with van der Waals surface area (Å²) in [7, 11) is 0. The molecule has 0 aliphatic heterocycles. The van der Waals surface area contributed by atoms with Crippen molar-refractivity contribution in [3.63, 3.8) is 0 Å². The van der Waals surface area contributed by atoms with Crippen LogP contribution in [-0.2, 0) is 14.3 Å². The Morgan fingerprint density at radius 3 is 2.05 bits per heavy atom. The molecule has 4 aliphatic rings. The van der Waals surface area contributed by atoms with E-state index in [1.165, 1.54) is 38.5 Å². The number of esters is 1. The maximum Gasteiger partial charge on any atom is 0.313 e. The van der Waals surface area contributed by atoms with Gasteiger partial charge in [0, 0.05) is 0 Å². The highest BCUT2D eigenvalue weighted by atomic mass is 16.7. The minimum Gasteiger partial charge on any atom is -0.436 e. The number of rotatable bonds is 5. The lowest BCUT2D eigenvalue weighted by Crippen LogP contribution is -2.53. The highest BCUT2D eigenvalue weighted by Crippen LogP contribution is 2.57. The third-order valence-corrected chi connectivity index (χ3v) is 6.11. The van der Waals surface area contributed by atoms with Crippen molar-refractivity contribution in [3.8, 4) is 0 Å². The third-order valence-electron chi connectivity index (χ3n) is 6.11. The molecule has 4 saturated carbocycles. The minimum absolute atomic E-state index is 0.00477. The van der Waals surface area contributed by atoms with Crippen LogP contribution in [0.2, 0.25) is 0 Å². The molecular formula is C18H30O3. The Kier molecular flexibility index (Phi) is 3.84. The van der Waals surface area contributed by atoms with Crippen molar-refractivity contribution in [2.75, 3.05) is 0 Å². The van der Waals surface area contributed by atoms with Crippen LogP contribution in [0.1, 0.15) is 72.6 Å². The number of hydrogen-bond donors (Lipinski definition) is 0. The molecule has 3 nitrogen and oxygen atoms in total. The van der Waals surface area contributed by atoms with Gasteiger partial charge in [-0.2, -0.15) is 0 Å². The molecule has 0 radical (unpaired) electrons. The highest BCUT2D eigenvalue weighted by Gasteiger charge is 2.52. The Labute approximate surface area is 128 Å². The van der Waals surface area contributed by atoms with Crippen LogP contribution < -0.4 is 0 Å². The Morgan fingerprint density at radius 1 is 1.14 bits per heavy atom. The van der Waals surface area contributed by atoms with Gasteiger partial charge >= 0.3 is 5.97 Å². The van der Waals surface area contributed by atoms with Gasteiger partial charge in [-0.25, -0.2) is 0 Å². The minimum atomic E-state index is -0.418. The summed E-state index contributed by atoms with van der Waals surface area (Å²) in [6.45, 7) is 7.79. The standard InChI is InChI=1S/C18H30O3/c1-5-17(3,4)16(19)20-12(2)21-18-9-13-6-14(10-18)8-15(7-13)11-18/h12-15H,5-11H2,1-4H3. The van der Waals surface area contributed by atoms with Crippen LogP contribution in [0, 0.1) is 23.2 Å². The second kappa shape index (κ2) is 5.26. The summed E-state index contributed by atoms with van der Waals surface area (Å²) in [5, 5.41) is 0. The molecule has 21 heavy (non-hydrogen) atoms. The van der Waals surface area contributed by atoms with Gasteiger partial charge in [-0.3, -0.25) is 4.79 Å². The Bertz CT molecular complexity index is 377. The van der Waals surface area contributed by atoms with Crippen LogP contribution in [-0.4, -0.2) is 17.9 Å². The average molecular weight is 294 g/mol. The maximum absolute atomic E-state index is 12.2. The molecule has 1 unspecified atom stereocenters. The zero-order chi connectivity index (χ0) is 15.3. The van der Waals surface area contributed by atoms with Crippen LogP contribution in [0.3, 0.4) is 0 Å². The summed E-state index contributed by atoms with van der Waals surface area (Å²) < 4.78 is 11.9. The Balaban J connectivity index is 1.60. The molecule has 0 spiro atoms. The zero-order valence-electron chi connectivity index (χ0n) is 14.0. The van der Waals surface area contributed by atoms with Gasteiger partial charge in [-0.1, -0.05) is 6.92 Å². The molecule has 0 aromatic carbocycles. The molecule has 0 saturated heterocycles. The lowest BCUT2D eigenvalue weighted by molar-refractivity contribution is -0.248. The Morgan fingerprint density at radius 2 is 1.62 bits per heavy atom. The van der Waals surface area contributed by atoms with Crippen molar-refractivity contribution in [2.45, 2.75) is 84.5 Å². The van der Waals surface area contributed by atoms with E-state index in [9.17, 15) is 4.79 Å². The number of hydrogen-bond acceptors (Lipinski definition) is 3. The predicted molar refractivity (Wildman–Crippen MR) is 81.6 cm³/mol. The monoisotopic (exact) mass is 294 g/mol. The van der Waals surface area contributed by atoms with Gasteiger partial charge in [0.05, 0.1) is 11.0 Å². The molecule has 4 rings (SSSR count). The SMILES string of the molecule is CCC(C)(C)C(=O)OC(C)OC12CC3CC(CC(C3)C1)C2. The molecule has 4 bridgehead atoms. The molecule has 4 fully saturated rings. The van der Waals surface area contributed by atoms with E-state index < -0.39 is 11.7 Å². The fourth-order valence-corrected chi connectivity index (χ4v) is 5.01. The second-order valence-corrected chi connectivity index (χ2v) is 8.43. The molecule has 0 N–H and O–H groups in total. The Hall–Kier alpha value is -0.570. The summed E-state index contributed by atoms with van der Waals surface area (Å²) in [4.78, 5) is 12.2. The lowest BCUT2D eigenvalue weighted by Gasteiger charge is -2.56. The average Bonchev–Trinajstić information content (AvgIpc) is 2.35. The van der Waals surface area contributed by atoms with E-state index in [0.29, 0.717) is 0 Å². The maximum atomic E-state index is 12.2. The van der Waals surface area contributed by atoms with Crippen LogP contribution in [0.5, 0.6) is 0 Å². The fourth-order valence-electron chi connectivity index (χ4n) is 5.01. The van der Waals surface area contributed by atoms with Gasteiger partial charge in [-0.05, 0) is 83.5 Å². The largest absolute Gasteiger partial charge is 0.436 e.